The van der Waals surface area contributed by atoms with Crippen LogP contribution in [0, 0.1) is 5.92 Å². The minimum Gasteiger partial charge on any atom is -0.385 e. The van der Waals surface area contributed by atoms with E-state index in [0.29, 0.717) is 0 Å². The van der Waals surface area contributed by atoms with Crippen LogP contribution in [0.25, 0.3) is 0 Å². The molecule has 0 amide bonds. The van der Waals surface area contributed by atoms with Gasteiger partial charge in [0.2, 0.25) is 0 Å². The Hall–Kier alpha value is -0.0800. The summed E-state index contributed by atoms with van der Waals surface area (Å²) in [6, 6.07) is 0.792. The van der Waals surface area contributed by atoms with E-state index in [2.05, 4.69) is 12.2 Å². The summed E-state index contributed by atoms with van der Waals surface area (Å²) in [6.45, 7) is 4.28. The van der Waals surface area contributed by atoms with E-state index in [9.17, 15) is 0 Å². The number of unbranched alkanes of at least 4 members (excludes halogenated alkanes) is 1. The first kappa shape index (κ1) is 14.0. The third-order valence-electron chi connectivity index (χ3n) is 3.74. The van der Waals surface area contributed by atoms with E-state index < -0.39 is 0 Å². The molecule has 0 aromatic rings. The minimum absolute atomic E-state index is 0.792. The lowest BCUT2D eigenvalue weighted by Gasteiger charge is -2.20. The summed E-state index contributed by atoms with van der Waals surface area (Å²) in [6.07, 6.45) is 11.1. The molecule has 2 atom stereocenters. The fourth-order valence-corrected chi connectivity index (χ4v) is 2.88. The van der Waals surface area contributed by atoms with Gasteiger partial charge in [-0.25, -0.2) is 0 Å². The second kappa shape index (κ2) is 9.00. The van der Waals surface area contributed by atoms with E-state index >= 15 is 0 Å². The number of rotatable bonds is 7. The van der Waals surface area contributed by atoms with Crippen molar-refractivity contribution in [2.24, 2.45) is 5.92 Å². The van der Waals surface area contributed by atoms with E-state index in [1.54, 1.807) is 7.11 Å². The third kappa shape index (κ3) is 5.86. The zero-order valence-electron chi connectivity index (χ0n) is 11.1. The number of hydrogen-bond acceptors (Lipinski definition) is 2. The fourth-order valence-electron chi connectivity index (χ4n) is 2.88. The minimum atomic E-state index is 0.792. The van der Waals surface area contributed by atoms with Gasteiger partial charge in [-0.3, -0.25) is 0 Å². The Kier molecular flexibility index (Phi) is 7.87. The van der Waals surface area contributed by atoms with Gasteiger partial charge >= 0.3 is 0 Å². The molecule has 16 heavy (non-hydrogen) atoms. The van der Waals surface area contributed by atoms with Gasteiger partial charge in [0.15, 0.2) is 0 Å². The van der Waals surface area contributed by atoms with Crippen molar-refractivity contribution in [3.8, 4) is 0 Å². The van der Waals surface area contributed by atoms with E-state index in [1.165, 1.54) is 51.4 Å². The first-order valence-corrected chi connectivity index (χ1v) is 7.09. The summed E-state index contributed by atoms with van der Waals surface area (Å²) in [5.41, 5.74) is 0. The highest BCUT2D eigenvalue weighted by atomic mass is 16.5. The van der Waals surface area contributed by atoms with Gasteiger partial charge in [0.25, 0.3) is 0 Å². The van der Waals surface area contributed by atoms with Crippen LogP contribution >= 0.6 is 0 Å². The molecule has 0 saturated heterocycles. The van der Waals surface area contributed by atoms with Crippen molar-refractivity contribution in [1.82, 2.24) is 5.32 Å². The maximum Gasteiger partial charge on any atom is 0.0462 e. The molecule has 0 aliphatic heterocycles. The van der Waals surface area contributed by atoms with Crippen LogP contribution in [0.15, 0.2) is 0 Å². The molecule has 0 heterocycles. The molecule has 1 rings (SSSR count). The van der Waals surface area contributed by atoms with Crippen LogP contribution in [0.1, 0.15) is 58.3 Å². The van der Waals surface area contributed by atoms with Crippen molar-refractivity contribution in [1.29, 1.82) is 0 Å². The van der Waals surface area contributed by atoms with Gasteiger partial charge in [0, 0.05) is 19.8 Å². The summed E-state index contributed by atoms with van der Waals surface area (Å²) in [7, 11) is 1.80. The standard InChI is InChI=1S/C14H29NO/c1-3-15-14-10-5-4-8-13(12-14)9-6-7-11-16-2/h13-15H,3-12H2,1-2H3. The molecule has 2 nitrogen and oxygen atoms in total. The van der Waals surface area contributed by atoms with Crippen LogP contribution in [-0.4, -0.2) is 26.3 Å². The molecular formula is C14H29NO. The Balaban J connectivity index is 2.17. The van der Waals surface area contributed by atoms with Crippen LogP contribution in [0.2, 0.25) is 0 Å². The fraction of sp³-hybridized carbons (Fsp3) is 1.00. The van der Waals surface area contributed by atoms with Crippen LogP contribution in [-0.2, 0) is 4.74 Å². The third-order valence-corrected chi connectivity index (χ3v) is 3.74. The van der Waals surface area contributed by atoms with Gasteiger partial charge in [-0.1, -0.05) is 39.0 Å². The molecule has 1 aliphatic rings. The Labute approximate surface area is 101 Å². The smallest absolute Gasteiger partial charge is 0.0462 e. The first-order valence-electron chi connectivity index (χ1n) is 7.09. The largest absolute Gasteiger partial charge is 0.385 e. The average molecular weight is 227 g/mol. The van der Waals surface area contributed by atoms with E-state index in [0.717, 1.165) is 25.1 Å². The van der Waals surface area contributed by atoms with Gasteiger partial charge in [0.05, 0.1) is 0 Å². The first-order chi connectivity index (χ1) is 7.86. The topological polar surface area (TPSA) is 21.3 Å². The predicted octanol–water partition coefficient (Wildman–Crippen LogP) is 3.36. The van der Waals surface area contributed by atoms with Crippen molar-refractivity contribution in [3.05, 3.63) is 0 Å². The van der Waals surface area contributed by atoms with Gasteiger partial charge in [-0.15, -0.1) is 0 Å². The number of methoxy groups -OCH3 is 1. The van der Waals surface area contributed by atoms with E-state index in [4.69, 9.17) is 4.74 Å². The van der Waals surface area contributed by atoms with E-state index in [-0.39, 0.29) is 0 Å². The molecule has 2 unspecified atom stereocenters. The second-order valence-electron chi connectivity index (χ2n) is 5.13. The summed E-state index contributed by atoms with van der Waals surface area (Å²) in [5, 5.41) is 3.63. The van der Waals surface area contributed by atoms with Crippen LogP contribution in [0.3, 0.4) is 0 Å². The molecule has 2 heteroatoms. The summed E-state index contributed by atoms with van der Waals surface area (Å²) in [5.74, 6) is 0.961. The highest BCUT2D eigenvalue weighted by molar-refractivity contribution is 4.75. The molecule has 0 radical (unpaired) electrons. The number of hydrogen-bond donors (Lipinski definition) is 1. The molecule has 0 spiro atoms. The quantitative estimate of drug-likeness (QED) is 0.532. The number of ether oxygens (including phenoxy) is 1. The van der Waals surface area contributed by atoms with Crippen molar-refractivity contribution in [2.75, 3.05) is 20.3 Å². The molecule has 1 N–H and O–H groups in total. The van der Waals surface area contributed by atoms with Gasteiger partial charge in [0.1, 0.15) is 0 Å². The second-order valence-corrected chi connectivity index (χ2v) is 5.13. The zero-order valence-corrected chi connectivity index (χ0v) is 11.1. The summed E-state index contributed by atoms with van der Waals surface area (Å²) >= 11 is 0. The monoisotopic (exact) mass is 227 g/mol. The van der Waals surface area contributed by atoms with Crippen molar-refractivity contribution in [3.63, 3.8) is 0 Å². The summed E-state index contributed by atoms with van der Waals surface area (Å²) in [4.78, 5) is 0. The maximum absolute atomic E-state index is 5.10. The molecule has 0 bridgehead atoms. The van der Waals surface area contributed by atoms with Gasteiger partial charge in [-0.05, 0) is 31.7 Å². The SMILES string of the molecule is CCNC1CCCCC(CCCCOC)C1. The average Bonchev–Trinajstić information content (AvgIpc) is 2.51. The molecule has 1 aliphatic carbocycles. The van der Waals surface area contributed by atoms with E-state index in [1.807, 2.05) is 0 Å². The predicted molar refractivity (Wildman–Crippen MR) is 69.8 cm³/mol. The molecular weight excluding hydrogens is 198 g/mol. The van der Waals surface area contributed by atoms with Crippen molar-refractivity contribution >= 4 is 0 Å². The highest BCUT2D eigenvalue weighted by Gasteiger charge is 2.18. The lowest BCUT2D eigenvalue weighted by Crippen LogP contribution is -2.29. The zero-order chi connectivity index (χ0) is 11.6. The molecule has 0 aromatic heterocycles. The van der Waals surface area contributed by atoms with Gasteiger partial charge < -0.3 is 10.1 Å². The van der Waals surface area contributed by atoms with Crippen molar-refractivity contribution in [2.45, 2.75) is 64.3 Å². The van der Waals surface area contributed by atoms with Gasteiger partial charge in [-0.2, -0.15) is 0 Å². The van der Waals surface area contributed by atoms with Crippen molar-refractivity contribution < 1.29 is 4.74 Å². The molecule has 1 saturated carbocycles. The molecule has 1 fully saturated rings. The Morgan fingerprint density at radius 1 is 1.19 bits per heavy atom. The Morgan fingerprint density at radius 2 is 2.00 bits per heavy atom. The maximum atomic E-state index is 5.10. The van der Waals surface area contributed by atoms with Crippen LogP contribution in [0.4, 0.5) is 0 Å². The highest BCUT2D eigenvalue weighted by Crippen LogP contribution is 2.27. The Bertz CT molecular complexity index is 161. The van der Waals surface area contributed by atoms with Crippen LogP contribution < -0.4 is 5.32 Å². The molecule has 96 valence electrons. The summed E-state index contributed by atoms with van der Waals surface area (Å²) < 4.78 is 5.10. The lowest BCUT2D eigenvalue weighted by molar-refractivity contribution is 0.189. The normalized spacial score (nSPS) is 26.6. The lowest BCUT2D eigenvalue weighted by atomic mass is 9.92. The molecule has 0 aromatic carbocycles. The van der Waals surface area contributed by atoms with Crippen LogP contribution in [0.5, 0.6) is 0 Å². The Morgan fingerprint density at radius 3 is 2.75 bits per heavy atom. The number of nitrogens with one attached hydrogen (secondary N) is 1.